The van der Waals surface area contributed by atoms with E-state index in [1.807, 2.05) is 23.1 Å². The summed E-state index contributed by atoms with van der Waals surface area (Å²) in [7, 11) is -3.74. The summed E-state index contributed by atoms with van der Waals surface area (Å²) in [5.41, 5.74) is 1.16. The zero-order valence-electron chi connectivity index (χ0n) is 19.9. The highest BCUT2D eigenvalue weighted by atomic mass is 32.2. The lowest BCUT2D eigenvalue weighted by atomic mass is 9.97. The number of carbonyl (C=O) groups is 1. The van der Waals surface area contributed by atoms with Crippen LogP contribution in [0.25, 0.3) is 10.7 Å². The number of amides is 1. The number of para-hydroxylation sites is 1. The molecule has 2 fully saturated rings. The van der Waals surface area contributed by atoms with E-state index >= 15 is 0 Å². The standard InChI is InChI=1S/C24H29N5O4S2/c1-17-22(15-21(34-17)23-25-18(2)33-26-23)35(31,32)29-10-6-7-19(16-29)24(30)28-13-11-27(12-14-28)20-8-4-3-5-9-20/h3-5,8-9,15,19H,6-7,10-14,16H2,1-2H3. The minimum atomic E-state index is -3.74. The molecule has 1 atom stereocenters. The molecule has 2 aliphatic rings. The van der Waals surface area contributed by atoms with Crippen LogP contribution in [-0.2, 0) is 14.8 Å². The van der Waals surface area contributed by atoms with E-state index < -0.39 is 10.0 Å². The van der Waals surface area contributed by atoms with Crippen molar-refractivity contribution < 1.29 is 17.7 Å². The van der Waals surface area contributed by atoms with Crippen molar-refractivity contribution in [3.05, 3.63) is 47.2 Å². The molecule has 11 heteroatoms. The van der Waals surface area contributed by atoms with Crippen LogP contribution in [0.5, 0.6) is 0 Å². The minimum absolute atomic E-state index is 0.0580. The smallest absolute Gasteiger partial charge is 0.244 e. The van der Waals surface area contributed by atoms with Gasteiger partial charge in [-0.05, 0) is 38.0 Å². The van der Waals surface area contributed by atoms with Crippen molar-refractivity contribution in [2.24, 2.45) is 5.92 Å². The number of thiophene rings is 1. The first-order valence-electron chi connectivity index (χ1n) is 11.8. The fraction of sp³-hybridized carbons (Fsp3) is 0.458. The number of rotatable bonds is 5. The quantitative estimate of drug-likeness (QED) is 0.515. The Morgan fingerprint density at radius 2 is 1.83 bits per heavy atom. The van der Waals surface area contributed by atoms with Crippen LogP contribution in [0.1, 0.15) is 23.6 Å². The Morgan fingerprint density at radius 1 is 1.09 bits per heavy atom. The van der Waals surface area contributed by atoms with Gasteiger partial charge in [-0.15, -0.1) is 11.3 Å². The van der Waals surface area contributed by atoms with Crippen LogP contribution in [0.3, 0.4) is 0 Å². The molecule has 2 aromatic heterocycles. The Balaban J connectivity index is 1.26. The van der Waals surface area contributed by atoms with Gasteiger partial charge in [0.2, 0.25) is 27.6 Å². The van der Waals surface area contributed by atoms with Crippen LogP contribution in [0.4, 0.5) is 5.69 Å². The number of hydrogen-bond acceptors (Lipinski definition) is 8. The van der Waals surface area contributed by atoms with E-state index in [4.69, 9.17) is 4.52 Å². The number of aromatic nitrogens is 2. The molecule has 0 saturated carbocycles. The lowest BCUT2D eigenvalue weighted by Gasteiger charge is -2.39. The monoisotopic (exact) mass is 515 g/mol. The lowest BCUT2D eigenvalue weighted by Crippen LogP contribution is -2.53. The van der Waals surface area contributed by atoms with Gasteiger partial charge in [0.05, 0.1) is 15.7 Å². The second kappa shape index (κ2) is 9.71. The molecule has 186 valence electrons. The summed E-state index contributed by atoms with van der Waals surface area (Å²) in [6, 6.07) is 11.8. The van der Waals surface area contributed by atoms with Crippen LogP contribution in [0.2, 0.25) is 0 Å². The van der Waals surface area contributed by atoms with Crippen molar-refractivity contribution in [2.75, 3.05) is 44.2 Å². The molecule has 3 aromatic rings. The number of piperidine rings is 1. The van der Waals surface area contributed by atoms with E-state index in [9.17, 15) is 13.2 Å². The molecule has 0 radical (unpaired) electrons. The van der Waals surface area contributed by atoms with Crippen molar-refractivity contribution in [3.8, 4) is 10.7 Å². The molecule has 4 heterocycles. The maximum Gasteiger partial charge on any atom is 0.244 e. The third kappa shape index (κ3) is 4.85. The summed E-state index contributed by atoms with van der Waals surface area (Å²) < 4.78 is 33.6. The normalized spacial score (nSPS) is 19.8. The van der Waals surface area contributed by atoms with Crippen molar-refractivity contribution in [3.63, 3.8) is 0 Å². The number of piperazine rings is 1. The van der Waals surface area contributed by atoms with Crippen molar-refractivity contribution in [1.29, 1.82) is 0 Å². The largest absolute Gasteiger partial charge is 0.368 e. The van der Waals surface area contributed by atoms with E-state index in [0.717, 1.165) is 18.8 Å². The zero-order chi connectivity index (χ0) is 24.6. The number of sulfonamides is 1. The average Bonchev–Trinajstić information content (AvgIpc) is 3.50. The van der Waals surface area contributed by atoms with Crippen LogP contribution in [0, 0.1) is 19.8 Å². The van der Waals surface area contributed by atoms with Crippen molar-refractivity contribution >= 4 is 33.0 Å². The molecule has 1 unspecified atom stereocenters. The molecule has 0 bridgehead atoms. The van der Waals surface area contributed by atoms with E-state index in [0.29, 0.717) is 53.9 Å². The van der Waals surface area contributed by atoms with Crippen LogP contribution in [-0.4, -0.2) is 72.9 Å². The van der Waals surface area contributed by atoms with Gasteiger partial charge in [-0.1, -0.05) is 23.4 Å². The number of carbonyl (C=O) groups excluding carboxylic acids is 1. The molecule has 1 aromatic carbocycles. The van der Waals surface area contributed by atoms with E-state index in [1.165, 1.54) is 15.6 Å². The molecule has 35 heavy (non-hydrogen) atoms. The molecule has 0 aliphatic carbocycles. The molecule has 2 saturated heterocycles. The second-order valence-corrected chi connectivity index (χ2v) is 12.2. The Labute approximate surface area is 209 Å². The van der Waals surface area contributed by atoms with E-state index in [1.54, 1.807) is 19.9 Å². The van der Waals surface area contributed by atoms with Crippen LogP contribution >= 0.6 is 11.3 Å². The number of nitrogens with zero attached hydrogens (tertiary/aromatic N) is 5. The summed E-state index contributed by atoms with van der Waals surface area (Å²) in [5.74, 6) is 0.554. The molecule has 9 nitrogen and oxygen atoms in total. The van der Waals surface area contributed by atoms with Crippen molar-refractivity contribution in [2.45, 2.75) is 31.6 Å². The summed E-state index contributed by atoms with van der Waals surface area (Å²) in [5, 5.41) is 3.91. The fourth-order valence-corrected chi connectivity index (χ4v) is 7.82. The van der Waals surface area contributed by atoms with Gasteiger partial charge in [0.15, 0.2) is 0 Å². The molecule has 2 aliphatic heterocycles. The third-order valence-electron chi connectivity index (χ3n) is 6.68. The predicted molar refractivity (Wildman–Crippen MR) is 134 cm³/mol. The van der Waals surface area contributed by atoms with Gasteiger partial charge in [-0.2, -0.15) is 9.29 Å². The topological polar surface area (TPSA) is 99.8 Å². The van der Waals surface area contributed by atoms with Gasteiger partial charge in [-0.25, -0.2) is 8.42 Å². The van der Waals surface area contributed by atoms with Gasteiger partial charge in [-0.3, -0.25) is 4.79 Å². The Hall–Kier alpha value is -2.76. The van der Waals surface area contributed by atoms with Gasteiger partial charge < -0.3 is 14.3 Å². The molecular weight excluding hydrogens is 486 g/mol. The number of benzene rings is 1. The minimum Gasteiger partial charge on any atom is -0.368 e. The molecule has 5 rings (SSSR count). The Kier molecular flexibility index (Phi) is 6.65. The highest BCUT2D eigenvalue weighted by molar-refractivity contribution is 7.89. The maximum absolute atomic E-state index is 13.5. The molecule has 0 spiro atoms. The van der Waals surface area contributed by atoms with Gasteiger partial charge >= 0.3 is 0 Å². The summed E-state index contributed by atoms with van der Waals surface area (Å²) in [4.78, 5) is 23.3. The Morgan fingerprint density at radius 3 is 2.51 bits per heavy atom. The predicted octanol–water partition coefficient (Wildman–Crippen LogP) is 3.16. The SMILES string of the molecule is Cc1nc(-c2cc(S(=O)(=O)N3CCCC(C(=O)N4CCN(c5ccccc5)CC4)C3)c(C)s2)no1. The average molecular weight is 516 g/mol. The fourth-order valence-electron chi connectivity index (χ4n) is 4.81. The molecule has 0 N–H and O–H groups in total. The first-order valence-corrected chi connectivity index (χ1v) is 14.1. The highest BCUT2D eigenvalue weighted by Crippen LogP contribution is 2.35. The first-order chi connectivity index (χ1) is 16.8. The van der Waals surface area contributed by atoms with Crippen molar-refractivity contribution in [1.82, 2.24) is 19.3 Å². The van der Waals surface area contributed by atoms with Crippen LogP contribution < -0.4 is 4.90 Å². The van der Waals surface area contributed by atoms with Crippen LogP contribution in [0.15, 0.2) is 45.8 Å². The van der Waals surface area contributed by atoms with Gasteiger partial charge in [0.1, 0.15) is 0 Å². The van der Waals surface area contributed by atoms with E-state index in [-0.39, 0.29) is 23.3 Å². The lowest BCUT2D eigenvalue weighted by molar-refractivity contribution is -0.137. The zero-order valence-corrected chi connectivity index (χ0v) is 21.5. The number of anilines is 1. The molecular formula is C24H29N5O4S2. The van der Waals surface area contributed by atoms with E-state index in [2.05, 4.69) is 27.2 Å². The highest BCUT2D eigenvalue weighted by Gasteiger charge is 2.37. The molecule has 1 amide bonds. The summed E-state index contributed by atoms with van der Waals surface area (Å²) in [6.07, 6.45) is 1.37. The first kappa shape index (κ1) is 24.0. The number of aryl methyl sites for hydroxylation is 2. The number of hydrogen-bond donors (Lipinski definition) is 0. The summed E-state index contributed by atoms with van der Waals surface area (Å²) >= 11 is 1.33. The maximum atomic E-state index is 13.5. The Bertz CT molecular complexity index is 1300. The summed E-state index contributed by atoms with van der Waals surface area (Å²) in [6.45, 7) is 6.95. The van der Waals surface area contributed by atoms with Gasteiger partial charge in [0.25, 0.3) is 0 Å². The van der Waals surface area contributed by atoms with Gasteiger partial charge in [0, 0.05) is 56.8 Å². The third-order valence-corrected chi connectivity index (χ3v) is 9.85. The second-order valence-electron chi connectivity index (χ2n) is 9.02.